The van der Waals surface area contributed by atoms with Crippen LogP contribution < -0.4 is 5.32 Å². The summed E-state index contributed by atoms with van der Waals surface area (Å²) in [6.07, 6.45) is 4.38. The lowest BCUT2D eigenvalue weighted by Gasteiger charge is -2.09. The lowest BCUT2D eigenvalue weighted by Crippen LogP contribution is -2.30. The molecule has 0 unspecified atom stereocenters. The van der Waals surface area contributed by atoms with Gasteiger partial charge in [0.05, 0.1) is 6.42 Å². The van der Waals surface area contributed by atoms with E-state index in [1.807, 2.05) is 18.2 Å². The number of carbonyl (C=O) groups is 2. The molecule has 0 fully saturated rings. The molecule has 4 nitrogen and oxygen atoms in total. The second-order valence-electron chi connectivity index (χ2n) is 6.82. The predicted octanol–water partition coefficient (Wildman–Crippen LogP) is 2.93. The number of amides is 1. The van der Waals surface area contributed by atoms with Crippen LogP contribution in [0.15, 0.2) is 42.5 Å². The zero-order valence-electron chi connectivity index (χ0n) is 15.2. The smallest absolute Gasteiger partial charge is 0.310 e. The molecule has 3 rings (SSSR count). The van der Waals surface area contributed by atoms with Crippen molar-refractivity contribution < 1.29 is 14.3 Å². The molecule has 26 heavy (non-hydrogen) atoms. The van der Waals surface area contributed by atoms with Gasteiger partial charge in [0.15, 0.2) is 6.61 Å². The van der Waals surface area contributed by atoms with Crippen molar-refractivity contribution in [1.29, 1.82) is 0 Å². The van der Waals surface area contributed by atoms with Crippen molar-refractivity contribution in [2.75, 3.05) is 13.2 Å². The van der Waals surface area contributed by atoms with Crippen LogP contribution in [0, 0.1) is 6.92 Å². The van der Waals surface area contributed by atoms with Crippen LogP contribution in [0.5, 0.6) is 0 Å². The summed E-state index contributed by atoms with van der Waals surface area (Å²) in [7, 11) is 0. The molecule has 1 aliphatic carbocycles. The SMILES string of the molecule is Cc1ccccc1CCNC(=O)COC(=O)Cc1ccc2c(c1)CCC2. The van der Waals surface area contributed by atoms with Gasteiger partial charge in [-0.2, -0.15) is 0 Å². The molecule has 136 valence electrons. The molecule has 0 bridgehead atoms. The van der Waals surface area contributed by atoms with Crippen LogP contribution in [0.25, 0.3) is 0 Å². The number of hydrogen-bond acceptors (Lipinski definition) is 3. The molecule has 2 aromatic carbocycles. The number of carbonyl (C=O) groups excluding carboxylic acids is 2. The van der Waals surface area contributed by atoms with E-state index in [-0.39, 0.29) is 24.9 Å². The van der Waals surface area contributed by atoms with E-state index < -0.39 is 0 Å². The van der Waals surface area contributed by atoms with E-state index in [0.717, 1.165) is 24.8 Å². The predicted molar refractivity (Wildman–Crippen MR) is 101 cm³/mol. The number of ether oxygens (including phenoxy) is 1. The summed E-state index contributed by atoms with van der Waals surface area (Å²) < 4.78 is 5.10. The summed E-state index contributed by atoms with van der Waals surface area (Å²) in [5, 5.41) is 2.80. The van der Waals surface area contributed by atoms with Crippen LogP contribution in [0.2, 0.25) is 0 Å². The Kier molecular flexibility index (Phi) is 6.05. The van der Waals surface area contributed by atoms with Crippen molar-refractivity contribution >= 4 is 11.9 Å². The van der Waals surface area contributed by atoms with Gasteiger partial charge in [0, 0.05) is 6.54 Å². The van der Waals surface area contributed by atoms with Crippen molar-refractivity contribution in [3.8, 4) is 0 Å². The molecule has 0 aliphatic heterocycles. The van der Waals surface area contributed by atoms with Crippen LogP contribution in [-0.4, -0.2) is 25.0 Å². The first-order chi connectivity index (χ1) is 12.6. The molecule has 0 heterocycles. The van der Waals surface area contributed by atoms with Gasteiger partial charge in [-0.05, 0) is 60.4 Å². The standard InChI is InChI=1S/C22H25NO3/c1-16-5-2-3-6-18(16)11-12-23-21(24)15-26-22(25)14-17-9-10-19-7-4-8-20(19)13-17/h2-3,5-6,9-10,13H,4,7-8,11-12,14-15H2,1H3,(H,23,24). The Labute approximate surface area is 154 Å². The first kappa shape index (κ1) is 18.2. The normalized spacial score (nSPS) is 12.5. The van der Waals surface area contributed by atoms with Gasteiger partial charge in [-0.1, -0.05) is 42.5 Å². The maximum atomic E-state index is 12.0. The Morgan fingerprint density at radius 3 is 2.73 bits per heavy atom. The highest BCUT2D eigenvalue weighted by molar-refractivity contribution is 5.81. The molecule has 0 saturated carbocycles. The first-order valence-electron chi connectivity index (χ1n) is 9.19. The minimum Gasteiger partial charge on any atom is -0.455 e. The monoisotopic (exact) mass is 351 g/mol. The lowest BCUT2D eigenvalue weighted by atomic mass is 10.0. The molecular weight excluding hydrogens is 326 g/mol. The molecule has 1 N–H and O–H groups in total. The summed E-state index contributed by atoms with van der Waals surface area (Å²) in [5.74, 6) is -0.627. The summed E-state index contributed by atoms with van der Waals surface area (Å²) in [4.78, 5) is 23.8. The maximum Gasteiger partial charge on any atom is 0.310 e. The molecule has 0 atom stereocenters. The van der Waals surface area contributed by atoms with Gasteiger partial charge < -0.3 is 10.1 Å². The Balaban J connectivity index is 1.37. The summed E-state index contributed by atoms with van der Waals surface area (Å²) >= 11 is 0. The molecule has 2 aromatic rings. The fourth-order valence-electron chi connectivity index (χ4n) is 3.38. The lowest BCUT2D eigenvalue weighted by molar-refractivity contribution is -0.147. The quantitative estimate of drug-likeness (QED) is 0.781. The Morgan fingerprint density at radius 1 is 1.08 bits per heavy atom. The van der Waals surface area contributed by atoms with E-state index in [2.05, 4.69) is 36.5 Å². The van der Waals surface area contributed by atoms with E-state index in [0.29, 0.717) is 6.54 Å². The molecule has 4 heteroatoms. The van der Waals surface area contributed by atoms with Gasteiger partial charge in [-0.15, -0.1) is 0 Å². The number of esters is 1. The van der Waals surface area contributed by atoms with Crippen molar-refractivity contribution in [2.45, 2.75) is 39.0 Å². The van der Waals surface area contributed by atoms with Crippen molar-refractivity contribution in [3.05, 3.63) is 70.3 Å². The highest BCUT2D eigenvalue weighted by atomic mass is 16.5. The molecule has 1 amide bonds. The van der Waals surface area contributed by atoms with Crippen molar-refractivity contribution in [1.82, 2.24) is 5.32 Å². The zero-order chi connectivity index (χ0) is 18.4. The summed E-state index contributed by atoms with van der Waals surface area (Å²) in [6.45, 7) is 2.36. The van der Waals surface area contributed by atoms with Gasteiger partial charge >= 0.3 is 5.97 Å². The van der Waals surface area contributed by atoms with Gasteiger partial charge in [0.25, 0.3) is 5.91 Å². The number of fused-ring (bicyclic) bond motifs is 1. The maximum absolute atomic E-state index is 12.0. The number of nitrogens with one attached hydrogen (secondary N) is 1. The van der Waals surface area contributed by atoms with E-state index in [4.69, 9.17) is 4.74 Å². The number of benzene rings is 2. The fourth-order valence-corrected chi connectivity index (χ4v) is 3.38. The molecule has 1 aliphatic rings. The third-order valence-electron chi connectivity index (χ3n) is 4.85. The van der Waals surface area contributed by atoms with Crippen LogP contribution in [0.1, 0.15) is 34.2 Å². The number of hydrogen-bond donors (Lipinski definition) is 1. The molecule has 0 spiro atoms. The van der Waals surface area contributed by atoms with E-state index >= 15 is 0 Å². The topological polar surface area (TPSA) is 55.4 Å². The Bertz CT molecular complexity index is 798. The second kappa shape index (κ2) is 8.65. The van der Waals surface area contributed by atoms with Crippen molar-refractivity contribution in [3.63, 3.8) is 0 Å². The van der Waals surface area contributed by atoms with E-state index in [1.165, 1.54) is 28.7 Å². The van der Waals surface area contributed by atoms with E-state index in [1.54, 1.807) is 0 Å². The largest absolute Gasteiger partial charge is 0.455 e. The zero-order valence-corrected chi connectivity index (χ0v) is 15.2. The number of aryl methyl sites for hydroxylation is 3. The minimum absolute atomic E-state index is 0.212. The van der Waals surface area contributed by atoms with Crippen LogP contribution in [0.4, 0.5) is 0 Å². The molecule has 0 radical (unpaired) electrons. The van der Waals surface area contributed by atoms with Crippen LogP contribution in [0.3, 0.4) is 0 Å². The van der Waals surface area contributed by atoms with Crippen LogP contribution in [-0.2, 0) is 40.0 Å². The fraction of sp³-hybridized carbons (Fsp3) is 0.364. The van der Waals surface area contributed by atoms with Gasteiger partial charge in [-0.25, -0.2) is 0 Å². The van der Waals surface area contributed by atoms with Gasteiger partial charge in [0.2, 0.25) is 0 Å². The molecule has 0 aromatic heterocycles. The highest BCUT2D eigenvalue weighted by Crippen LogP contribution is 2.23. The minimum atomic E-state index is -0.364. The Hall–Kier alpha value is -2.62. The highest BCUT2D eigenvalue weighted by Gasteiger charge is 2.13. The average molecular weight is 351 g/mol. The third kappa shape index (κ3) is 4.94. The molecule has 0 saturated heterocycles. The summed E-state index contributed by atoms with van der Waals surface area (Å²) in [5.41, 5.74) is 6.10. The van der Waals surface area contributed by atoms with E-state index in [9.17, 15) is 9.59 Å². The third-order valence-corrected chi connectivity index (χ3v) is 4.85. The van der Waals surface area contributed by atoms with Crippen LogP contribution >= 0.6 is 0 Å². The second-order valence-corrected chi connectivity index (χ2v) is 6.82. The number of rotatable bonds is 7. The van der Waals surface area contributed by atoms with Crippen molar-refractivity contribution in [2.24, 2.45) is 0 Å². The van der Waals surface area contributed by atoms with Gasteiger partial charge in [-0.3, -0.25) is 9.59 Å². The first-order valence-corrected chi connectivity index (χ1v) is 9.19. The average Bonchev–Trinajstić information content (AvgIpc) is 3.09. The Morgan fingerprint density at radius 2 is 1.88 bits per heavy atom. The molecular formula is C22H25NO3. The van der Waals surface area contributed by atoms with Gasteiger partial charge in [0.1, 0.15) is 0 Å². The summed E-state index contributed by atoms with van der Waals surface area (Å²) in [6, 6.07) is 14.3.